The molecule has 1 amide bonds. The Bertz CT molecular complexity index is 810. The first-order valence-electron chi connectivity index (χ1n) is 7.78. The highest BCUT2D eigenvalue weighted by Crippen LogP contribution is 2.27. The molecule has 1 aromatic heterocycles. The average molecular weight is 329 g/mol. The van der Waals surface area contributed by atoms with Crippen LogP contribution in [0.4, 0.5) is 5.69 Å². The zero-order valence-corrected chi connectivity index (χ0v) is 13.6. The lowest BCUT2D eigenvalue weighted by Crippen LogP contribution is -2.13. The fourth-order valence-electron chi connectivity index (χ4n) is 2.81. The third-order valence-electron chi connectivity index (χ3n) is 4.11. The zero-order chi connectivity index (χ0) is 17.3. The molecule has 0 radical (unpaired) electrons. The number of nitrogens with one attached hydrogen (secondary N) is 1. The highest BCUT2D eigenvalue weighted by Gasteiger charge is 2.18. The number of aliphatic carboxylic acids is 1. The molecule has 7 heteroatoms. The van der Waals surface area contributed by atoms with E-state index in [4.69, 9.17) is 9.84 Å². The number of ether oxygens (including phenoxy) is 1. The molecule has 1 aliphatic heterocycles. The molecular formula is C17H19N3O4. The molecule has 0 saturated heterocycles. The highest BCUT2D eigenvalue weighted by atomic mass is 16.5. The van der Waals surface area contributed by atoms with Gasteiger partial charge in [-0.1, -0.05) is 0 Å². The molecule has 0 atom stereocenters. The molecule has 2 aromatic rings. The third kappa shape index (κ3) is 3.10. The van der Waals surface area contributed by atoms with Crippen LogP contribution in [0, 0.1) is 13.8 Å². The van der Waals surface area contributed by atoms with Gasteiger partial charge in [0, 0.05) is 12.0 Å². The number of aromatic nitrogens is 2. The van der Waals surface area contributed by atoms with Gasteiger partial charge in [-0.2, -0.15) is 5.10 Å². The van der Waals surface area contributed by atoms with Gasteiger partial charge >= 0.3 is 5.97 Å². The summed E-state index contributed by atoms with van der Waals surface area (Å²) >= 11 is 0. The Kier molecular flexibility index (Phi) is 4.24. The van der Waals surface area contributed by atoms with Crippen LogP contribution in [-0.2, 0) is 17.8 Å². The minimum atomic E-state index is -0.881. The van der Waals surface area contributed by atoms with E-state index in [1.54, 1.807) is 17.7 Å². The quantitative estimate of drug-likeness (QED) is 0.877. The number of carboxylic acid groups (broad SMARTS) is 1. The standard InChI is InChI=1S/C17H19N3O4/c1-10-16(11(2)20(19-10)7-5-15(21)22)18-17(23)13-3-4-14-12(9-13)6-8-24-14/h3-4,9H,5-8H2,1-2H3,(H,18,23)(H,21,22). The molecule has 24 heavy (non-hydrogen) atoms. The molecule has 0 aliphatic carbocycles. The molecule has 0 bridgehead atoms. The number of carboxylic acids is 1. The second kappa shape index (κ2) is 6.35. The van der Waals surface area contributed by atoms with Crippen molar-refractivity contribution >= 4 is 17.6 Å². The van der Waals surface area contributed by atoms with Crippen LogP contribution in [0.3, 0.4) is 0 Å². The van der Waals surface area contributed by atoms with E-state index in [0.717, 1.165) is 23.4 Å². The first-order chi connectivity index (χ1) is 11.5. The maximum absolute atomic E-state index is 12.5. The van der Waals surface area contributed by atoms with Crippen LogP contribution in [0.1, 0.15) is 33.7 Å². The largest absolute Gasteiger partial charge is 0.493 e. The Morgan fingerprint density at radius 1 is 1.38 bits per heavy atom. The lowest BCUT2D eigenvalue weighted by molar-refractivity contribution is -0.137. The molecule has 0 spiro atoms. The van der Waals surface area contributed by atoms with Gasteiger partial charge in [0.1, 0.15) is 5.75 Å². The first kappa shape index (κ1) is 16.0. The predicted octanol–water partition coefficient (Wildman–Crippen LogP) is 2.16. The summed E-state index contributed by atoms with van der Waals surface area (Å²) in [6.07, 6.45) is 0.793. The molecule has 0 unspecified atom stereocenters. The lowest BCUT2D eigenvalue weighted by atomic mass is 10.1. The Morgan fingerprint density at radius 3 is 2.92 bits per heavy atom. The predicted molar refractivity (Wildman–Crippen MR) is 87.5 cm³/mol. The van der Waals surface area contributed by atoms with Crippen LogP contribution in [-0.4, -0.2) is 33.4 Å². The number of hydrogen-bond donors (Lipinski definition) is 2. The van der Waals surface area contributed by atoms with Gasteiger partial charge in [0.05, 0.1) is 36.6 Å². The van der Waals surface area contributed by atoms with Crippen LogP contribution in [0.15, 0.2) is 18.2 Å². The van der Waals surface area contributed by atoms with Crippen molar-refractivity contribution in [2.24, 2.45) is 0 Å². The van der Waals surface area contributed by atoms with Crippen LogP contribution in [0.5, 0.6) is 5.75 Å². The van der Waals surface area contributed by atoms with E-state index in [0.29, 0.717) is 23.6 Å². The monoisotopic (exact) mass is 329 g/mol. The summed E-state index contributed by atoms with van der Waals surface area (Å²) in [5, 5.41) is 16.0. The normalized spacial score (nSPS) is 12.6. The number of rotatable bonds is 5. The SMILES string of the molecule is Cc1nn(CCC(=O)O)c(C)c1NC(=O)c1ccc2c(c1)CCO2. The van der Waals surface area contributed by atoms with Crippen LogP contribution < -0.4 is 10.1 Å². The minimum Gasteiger partial charge on any atom is -0.493 e. The number of benzene rings is 1. The van der Waals surface area contributed by atoms with Gasteiger partial charge < -0.3 is 15.2 Å². The minimum absolute atomic E-state index is 0.0137. The van der Waals surface area contributed by atoms with E-state index in [1.165, 1.54) is 0 Å². The van der Waals surface area contributed by atoms with Crippen molar-refractivity contribution in [2.75, 3.05) is 11.9 Å². The van der Waals surface area contributed by atoms with E-state index in [-0.39, 0.29) is 18.9 Å². The summed E-state index contributed by atoms with van der Waals surface area (Å²) in [6.45, 7) is 4.52. The molecule has 126 valence electrons. The number of amides is 1. The molecular weight excluding hydrogens is 310 g/mol. The van der Waals surface area contributed by atoms with E-state index < -0.39 is 5.97 Å². The summed E-state index contributed by atoms with van der Waals surface area (Å²) in [4.78, 5) is 23.2. The number of carbonyl (C=O) groups is 2. The molecule has 0 saturated carbocycles. The van der Waals surface area contributed by atoms with Crippen LogP contribution in [0.25, 0.3) is 0 Å². The fraction of sp³-hybridized carbons (Fsp3) is 0.353. The summed E-state index contributed by atoms with van der Waals surface area (Å²) < 4.78 is 7.05. The van der Waals surface area contributed by atoms with Crippen molar-refractivity contribution < 1.29 is 19.4 Å². The molecule has 0 fully saturated rings. The maximum Gasteiger partial charge on any atom is 0.305 e. The number of anilines is 1. The number of aryl methyl sites for hydroxylation is 2. The Labute approximate surface area is 139 Å². The van der Waals surface area contributed by atoms with E-state index in [9.17, 15) is 9.59 Å². The topological polar surface area (TPSA) is 93.5 Å². The van der Waals surface area contributed by atoms with Crippen molar-refractivity contribution in [3.8, 4) is 5.75 Å². The average Bonchev–Trinajstić information content (AvgIpc) is 3.11. The molecule has 1 aromatic carbocycles. The van der Waals surface area contributed by atoms with Crippen LogP contribution in [0.2, 0.25) is 0 Å². The molecule has 2 heterocycles. The van der Waals surface area contributed by atoms with Crippen molar-refractivity contribution in [1.82, 2.24) is 9.78 Å². The smallest absolute Gasteiger partial charge is 0.305 e. The van der Waals surface area contributed by atoms with Gasteiger partial charge in [-0.05, 0) is 37.6 Å². The second-order valence-electron chi connectivity index (χ2n) is 5.79. The highest BCUT2D eigenvalue weighted by molar-refractivity contribution is 6.05. The van der Waals surface area contributed by atoms with Gasteiger partial charge in [0.15, 0.2) is 0 Å². The zero-order valence-electron chi connectivity index (χ0n) is 13.6. The molecule has 3 rings (SSSR count). The first-order valence-corrected chi connectivity index (χ1v) is 7.78. The van der Waals surface area contributed by atoms with E-state index in [2.05, 4.69) is 10.4 Å². The molecule has 2 N–H and O–H groups in total. The van der Waals surface area contributed by atoms with E-state index >= 15 is 0 Å². The number of fused-ring (bicyclic) bond motifs is 1. The van der Waals surface area contributed by atoms with Gasteiger partial charge in [0.25, 0.3) is 5.91 Å². The second-order valence-corrected chi connectivity index (χ2v) is 5.79. The summed E-state index contributed by atoms with van der Waals surface area (Å²) in [5.41, 5.74) is 3.63. The van der Waals surface area contributed by atoms with Gasteiger partial charge in [-0.25, -0.2) is 0 Å². The lowest BCUT2D eigenvalue weighted by Gasteiger charge is -2.08. The number of hydrogen-bond acceptors (Lipinski definition) is 4. The van der Waals surface area contributed by atoms with Gasteiger partial charge in [-0.3, -0.25) is 14.3 Å². The van der Waals surface area contributed by atoms with Crippen molar-refractivity contribution in [2.45, 2.75) is 33.2 Å². The third-order valence-corrected chi connectivity index (χ3v) is 4.11. The summed E-state index contributed by atoms with van der Waals surface area (Å²) in [7, 11) is 0. The summed E-state index contributed by atoms with van der Waals surface area (Å²) in [6, 6.07) is 5.39. The fourth-order valence-corrected chi connectivity index (χ4v) is 2.81. The van der Waals surface area contributed by atoms with Gasteiger partial charge in [0.2, 0.25) is 0 Å². The van der Waals surface area contributed by atoms with Crippen LogP contribution >= 0.6 is 0 Å². The van der Waals surface area contributed by atoms with Crippen molar-refractivity contribution in [3.05, 3.63) is 40.7 Å². The molecule has 7 nitrogen and oxygen atoms in total. The van der Waals surface area contributed by atoms with E-state index in [1.807, 2.05) is 19.1 Å². The maximum atomic E-state index is 12.5. The number of nitrogens with zero attached hydrogens (tertiary/aromatic N) is 2. The van der Waals surface area contributed by atoms with Gasteiger partial charge in [-0.15, -0.1) is 0 Å². The Morgan fingerprint density at radius 2 is 2.17 bits per heavy atom. The number of carbonyl (C=O) groups excluding carboxylic acids is 1. The summed E-state index contributed by atoms with van der Waals surface area (Å²) in [5.74, 6) is -0.261. The Hall–Kier alpha value is -2.83. The van der Waals surface area contributed by atoms with Crippen molar-refractivity contribution in [1.29, 1.82) is 0 Å². The molecule has 1 aliphatic rings. The van der Waals surface area contributed by atoms with Crippen molar-refractivity contribution in [3.63, 3.8) is 0 Å². The Balaban J connectivity index is 1.78.